The van der Waals surface area contributed by atoms with Crippen LogP contribution in [0.4, 0.5) is 16.3 Å². The number of amides is 2. The topological polar surface area (TPSA) is 96.6 Å². The van der Waals surface area contributed by atoms with E-state index in [0.717, 1.165) is 11.4 Å². The summed E-state index contributed by atoms with van der Waals surface area (Å²) < 4.78 is 10.6. The lowest BCUT2D eigenvalue weighted by atomic mass is 10.2. The maximum absolute atomic E-state index is 12.6. The van der Waals surface area contributed by atoms with Gasteiger partial charge < -0.3 is 24.4 Å². The van der Waals surface area contributed by atoms with E-state index in [9.17, 15) is 4.79 Å². The fourth-order valence-corrected chi connectivity index (χ4v) is 3.37. The Morgan fingerprint density at radius 1 is 1.13 bits per heavy atom. The average molecular weight is 422 g/mol. The minimum Gasteiger partial charge on any atom is -0.495 e. The van der Waals surface area contributed by atoms with E-state index in [2.05, 4.69) is 25.3 Å². The minimum absolute atomic E-state index is 0.134. The third-order valence-corrected chi connectivity index (χ3v) is 5.18. The summed E-state index contributed by atoms with van der Waals surface area (Å²) in [4.78, 5) is 25.6. The van der Waals surface area contributed by atoms with E-state index >= 15 is 0 Å². The van der Waals surface area contributed by atoms with Crippen LogP contribution in [0.1, 0.15) is 25.7 Å². The Kier molecular flexibility index (Phi) is 6.01. The normalized spacial score (nSPS) is 14.1. The third-order valence-electron chi connectivity index (χ3n) is 5.18. The van der Waals surface area contributed by atoms with Crippen LogP contribution >= 0.6 is 0 Å². The van der Waals surface area contributed by atoms with Gasteiger partial charge in [0, 0.05) is 43.9 Å². The number of benzene rings is 1. The lowest BCUT2D eigenvalue weighted by Gasteiger charge is -2.35. The first-order valence-electron chi connectivity index (χ1n) is 10.3. The number of aromatic nitrogens is 3. The van der Waals surface area contributed by atoms with Crippen molar-refractivity contribution < 1.29 is 14.1 Å². The number of methoxy groups -OCH3 is 1. The molecule has 9 heteroatoms. The summed E-state index contributed by atoms with van der Waals surface area (Å²) in [7, 11) is 1.59. The average Bonchev–Trinajstić information content (AvgIpc) is 3.30. The first-order valence-corrected chi connectivity index (χ1v) is 10.3. The van der Waals surface area contributed by atoms with Gasteiger partial charge in [0.1, 0.15) is 11.6 Å². The number of hydrogen-bond acceptors (Lipinski definition) is 7. The summed E-state index contributed by atoms with van der Waals surface area (Å²) in [6.45, 7) is 6.63. The summed E-state index contributed by atoms with van der Waals surface area (Å²) in [5.41, 5.74) is 1.48. The largest absolute Gasteiger partial charge is 0.495 e. The van der Waals surface area contributed by atoms with E-state index < -0.39 is 0 Å². The number of rotatable bonds is 5. The highest BCUT2D eigenvalue weighted by molar-refractivity contribution is 5.91. The summed E-state index contributed by atoms with van der Waals surface area (Å²) in [5, 5.41) is 6.95. The predicted octanol–water partition coefficient (Wildman–Crippen LogP) is 3.62. The van der Waals surface area contributed by atoms with Crippen LogP contribution < -0.4 is 15.0 Å². The van der Waals surface area contributed by atoms with Gasteiger partial charge in [0.05, 0.1) is 12.8 Å². The number of anilines is 2. The molecule has 2 aromatic heterocycles. The number of hydrogen-bond donors (Lipinski definition) is 1. The molecule has 0 spiro atoms. The van der Waals surface area contributed by atoms with E-state index in [1.54, 1.807) is 18.2 Å². The highest BCUT2D eigenvalue weighted by Crippen LogP contribution is 2.24. The number of pyridine rings is 1. The SMILES string of the molecule is COc1ccccc1NC(=O)N1CCN(c2ccc(-c3noc(C(C)C)n3)cn2)CC1. The number of nitrogens with one attached hydrogen (secondary N) is 1. The van der Waals surface area contributed by atoms with Crippen LogP contribution in [-0.4, -0.2) is 59.3 Å². The van der Waals surface area contributed by atoms with Crippen LogP contribution in [0.2, 0.25) is 0 Å². The number of carbonyl (C=O) groups excluding carboxylic acids is 1. The van der Waals surface area contributed by atoms with Crippen LogP contribution in [0.3, 0.4) is 0 Å². The van der Waals surface area contributed by atoms with Gasteiger partial charge in [-0.15, -0.1) is 0 Å². The lowest BCUT2D eigenvalue weighted by molar-refractivity contribution is 0.208. The van der Waals surface area contributed by atoms with Gasteiger partial charge in [0.25, 0.3) is 0 Å². The zero-order chi connectivity index (χ0) is 21.8. The molecule has 3 aromatic rings. The summed E-state index contributed by atoms with van der Waals surface area (Å²) in [5.74, 6) is 2.84. The monoisotopic (exact) mass is 422 g/mol. The molecule has 0 aliphatic carbocycles. The van der Waals surface area contributed by atoms with Crippen LogP contribution in [0, 0.1) is 0 Å². The molecule has 3 heterocycles. The standard InChI is InChI=1S/C22H26N6O3/c1-15(2)21-25-20(26-31-21)16-8-9-19(23-14-16)27-10-12-28(13-11-27)22(29)24-17-6-4-5-7-18(17)30-3/h4-9,14-15H,10-13H2,1-3H3,(H,24,29). The van der Waals surface area contributed by atoms with Crippen molar-refractivity contribution in [1.82, 2.24) is 20.0 Å². The molecule has 0 radical (unpaired) electrons. The number of urea groups is 1. The second-order valence-corrected chi connectivity index (χ2v) is 7.62. The Morgan fingerprint density at radius 2 is 1.90 bits per heavy atom. The maximum Gasteiger partial charge on any atom is 0.322 e. The van der Waals surface area contributed by atoms with Crippen molar-refractivity contribution in [3.8, 4) is 17.1 Å². The second kappa shape index (κ2) is 9.03. The number of carbonyl (C=O) groups is 1. The Morgan fingerprint density at radius 3 is 2.55 bits per heavy atom. The fourth-order valence-electron chi connectivity index (χ4n) is 3.37. The molecule has 1 N–H and O–H groups in total. The van der Waals surface area contributed by atoms with Gasteiger partial charge in [-0.1, -0.05) is 31.1 Å². The highest BCUT2D eigenvalue weighted by atomic mass is 16.5. The highest BCUT2D eigenvalue weighted by Gasteiger charge is 2.23. The summed E-state index contributed by atoms with van der Waals surface area (Å²) >= 11 is 0. The van der Waals surface area contributed by atoms with Gasteiger partial charge in [-0.3, -0.25) is 0 Å². The molecule has 1 aliphatic heterocycles. The molecule has 1 aliphatic rings. The maximum atomic E-state index is 12.6. The number of nitrogens with zero attached hydrogens (tertiary/aromatic N) is 5. The molecule has 4 rings (SSSR count). The van der Waals surface area contributed by atoms with Crippen LogP contribution in [0.25, 0.3) is 11.4 Å². The molecule has 1 saturated heterocycles. The van der Waals surface area contributed by atoms with Gasteiger partial charge in [-0.05, 0) is 24.3 Å². The van der Waals surface area contributed by atoms with E-state index in [4.69, 9.17) is 9.26 Å². The van der Waals surface area contributed by atoms with Gasteiger partial charge in [0.2, 0.25) is 11.7 Å². The molecule has 9 nitrogen and oxygen atoms in total. The lowest BCUT2D eigenvalue weighted by Crippen LogP contribution is -2.50. The van der Waals surface area contributed by atoms with Crippen molar-refractivity contribution >= 4 is 17.5 Å². The second-order valence-electron chi connectivity index (χ2n) is 7.62. The smallest absolute Gasteiger partial charge is 0.322 e. The first kappa shape index (κ1) is 20.6. The van der Waals surface area contributed by atoms with Crippen LogP contribution in [0.15, 0.2) is 47.1 Å². The summed E-state index contributed by atoms with van der Waals surface area (Å²) in [6, 6.07) is 11.1. The molecule has 1 fully saturated rings. The van der Waals surface area contributed by atoms with Crippen molar-refractivity contribution in [2.24, 2.45) is 0 Å². The quantitative estimate of drug-likeness (QED) is 0.671. The van der Waals surface area contributed by atoms with E-state index in [-0.39, 0.29) is 11.9 Å². The predicted molar refractivity (Wildman–Crippen MR) is 117 cm³/mol. The molecule has 0 bridgehead atoms. The number of ether oxygens (including phenoxy) is 1. The van der Waals surface area contributed by atoms with Crippen molar-refractivity contribution in [2.75, 3.05) is 43.5 Å². The Labute approximate surface area is 181 Å². The van der Waals surface area contributed by atoms with Gasteiger partial charge in [-0.2, -0.15) is 4.98 Å². The van der Waals surface area contributed by atoms with Gasteiger partial charge in [0.15, 0.2) is 0 Å². The molecular formula is C22H26N6O3. The van der Waals surface area contributed by atoms with Crippen LogP contribution in [-0.2, 0) is 0 Å². The Bertz CT molecular complexity index is 1030. The molecule has 0 unspecified atom stereocenters. The van der Waals surface area contributed by atoms with Gasteiger partial charge in [-0.25, -0.2) is 9.78 Å². The molecule has 1 aromatic carbocycles. The molecule has 162 valence electrons. The molecule has 2 amide bonds. The van der Waals surface area contributed by atoms with Crippen molar-refractivity contribution in [3.63, 3.8) is 0 Å². The number of piperazine rings is 1. The third kappa shape index (κ3) is 4.60. The van der Waals surface area contributed by atoms with Crippen molar-refractivity contribution in [2.45, 2.75) is 19.8 Å². The van der Waals surface area contributed by atoms with Crippen molar-refractivity contribution in [3.05, 3.63) is 48.5 Å². The zero-order valence-corrected chi connectivity index (χ0v) is 17.9. The molecule has 0 atom stereocenters. The first-order chi connectivity index (χ1) is 15.0. The van der Waals surface area contributed by atoms with E-state index in [1.807, 2.05) is 50.2 Å². The molecular weight excluding hydrogens is 396 g/mol. The Hall–Kier alpha value is -3.62. The summed E-state index contributed by atoms with van der Waals surface area (Å²) in [6.07, 6.45) is 1.76. The van der Waals surface area contributed by atoms with Crippen molar-refractivity contribution in [1.29, 1.82) is 0 Å². The minimum atomic E-state index is -0.134. The zero-order valence-electron chi connectivity index (χ0n) is 17.9. The molecule has 0 saturated carbocycles. The fraction of sp³-hybridized carbons (Fsp3) is 0.364. The number of para-hydroxylation sites is 2. The Balaban J connectivity index is 1.34. The van der Waals surface area contributed by atoms with Crippen LogP contribution in [0.5, 0.6) is 5.75 Å². The van der Waals surface area contributed by atoms with Gasteiger partial charge >= 0.3 is 6.03 Å². The molecule has 31 heavy (non-hydrogen) atoms. The van der Waals surface area contributed by atoms with E-state index in [1.165, 1.54) is 0 Å². The van der Waals surface area contributed by atoms with E-state index in [0.29, 0.717) is 49.3 Å².